The molecule has 0 radical (unpaired) electrons. The van der Waals surface area contributed by atoms with E-state index in [4.69, 9.17) is 4.42 Å². The summed E-state index contributed by atoms with van der Waals surface area (Å²) in [7, 11) is 0. The van der Waals surface area contributed by atoms with Gasteiger partial charge in [0.1, 0.15) is 0 Å². The molecule has 4 nitrogen and oxygen atoms in total. The van der Waals surface area contributed by atoms with Crippen molar-refractivity contribution in [2.24, 2.45) is 5.92 Å². The Kier molecular flexibility index (Phi) is 5.83. The summed E-state index contributed by atoms with van der Waals surface area (Å²) in [5.74, 6) is 3.06. The molecule has 0 saturated heterocycles. The molecule has 19 heavy (non-hydrogen) atoms. The van der Waals surface area contributed by atoms with Crippen LogP contribution in [0.25, 0.3) is 0 Å². The molecule has 0 bridgehead atoms. The topological polar surface area (TPSA) is 51.0 Å². The van der Waals surface area contributed by atoms with Crippen LogP contribution in [0.2, 0.25) is 0 Å². The Morgan fingerprint density at radius 1 is 1.16 bits per heavy atom. The standard InChI is InChI=1S/C15H27N3O/c1-3-10-16-11-4-5-14-17-18-15(19-14)13-8-6-12(2)7-9-13/h12-13,16H,3-11H2,1-2H3. The lowest BCUT2D eigenvalue weighted by Gasteiger charge is -2.23. The molecular weight excluding hydrogens is 238 g/mol. The van der Waals surface area contributed by atoms with Gasteiger partial charge < -0.3 is 9.73 Å². The molecule has 0 spiro atoms. The Morgan fingerprint density at radius 3 is 2.68 bits per heavy atom. The van der Waals surface area contributed by atoms with Crippen LogP contribution in [0, 0.1) is 5.92 Å². The minimum absolute atomic E-state index is 0.510. The largest absolute Gasteiger partial charge is 0.425 e. The first kappa shape index (κ1) is 14.5. The minimum atomic E-state index is 0.510. The fourth-order valence-corrected chi connectivity index (χ4v) is 2.71. The second-order valence-electron chi connectivity index (χ2n) is 5.84. The molecule has 0 aromatic carbocycles. The van der Waals surface area contributed by atoms with Gasteiger partial charge in [-0.05, 0) is 57.5 Å². The number of nitrogens with one attached hydrogen (secondary N) is 1. The summed E-state index contributed by atoms with van der Waals surface area (Å²) in [6.07, 6.45) is 8.16. The van der Waals surface area contributed by atoms with Crippen molar-refractivity contribution in [1.29, 1.82) is 0 Å². The van der Waals surface area contributed by atoms with Gasteiger partial charge in [0, 0.05) is 12.3 Å². The Labute approximate surface area is 116 Å². The zero-order valence-electron chi connectivity index (χ0n) is 12.3. The van der Waals surface area contributed by atoms with E-state index in [1.54, 1.807) is 0 Å². The van der Waals surface area contributed by atoms with E-state index in [0.717, 1.165) is 43.6 Å². The van der Waals surface area contributed by atoms with Gasteiger partial charge in [-0.3, -0.25) is 0 Å². The quantitative estimate of drug-likeness (QED) is 0.769. The van der Waals surface area contributed by atoms with E-state index in [9.17, 15) is 0 Å². The molecule has 1 aromatic rings. The number of hydrogen-bond acceptors (Lipinski definition) is 4. The van der Waals surface area contributed by atoms with Crippen molar-refractivity contribution in [2.45, 2.75) is 64.7 Å². The van der Waals surface area contributed by atoms with Gasteiger partial charge in [0.05, 0.1) is 0 Å². The van der Waals surface area contributed by atoms with Gasteiger partial charge in [0.2, 0.25) is 11.8 Å². The second-order valence-corrected chi connectivity index (χ2v) is 5.84. The van der Waals surface area contributed by atoms with Crippen molar-refractivity contribution in [3.63, 3.8) is 0 Å². The molecule has 1 aliphatic rings. The van der Waals surface area contributed by atoms with Gasteiger partial charge in [0.15, 0.2) is 0 Å². The first-order valence-corrected chi connectivity index (χ1v) is 7.82. The molecule has 1 fully saturated rings. The van der Waals surface area contributed by atoms with Crippen LogP contribution in [0.5, 0.6) is 0 Å². The zero-order valence-corrected chi connectivity index (χ0v) is 12.3. The van der Waals surface area contributed by atoms with Gasteiger partial charge >= 0.3 is 0 Å². The summed E-state index contributed by atoms with van der Waals surface area (Å²) >= 11 is 0. The fourth-order valence-electron chi connectivity index (χ4n) is 2.71. The van der Waals surface area contributed by atoms with Gasteiger partial charge in [-0.25, -0.2) is 0 Å². The van der Waals surface area contributed by atoms with E-state index < -0.39 is 0 Å². The molecule has 1 aromatic heterocycles. The number of aryl methyl sites for hydroxylation is 1. The lowest BCUT2D eigenvalue weighted by atomic mass is 9.83. The third-order valence-electron chi connectivity index (χ3n) is 4.02. The summed E-state index contributed by atoms with van der Waals surface area (Å²) in [5.41, 5.74) is 0. The molecule has 0 atom stereocenters. The molecular formula is C15H27N3O. The second kappa shape index (κ2) is 7.63. The Balaban J connectivity index is 1.72. The third-order valence-corrected chi connectivity index (χ3v) is 4.02. The molecule has 0 unspecified atom stereocenters. The Bertz CT molecular complexity index is 356. The monoisotopic (exact) mass is 265 g/mol. The van der Waals surface area contributed by atoms with Crippen LogP contribution in [0.1, 0.15) is 70.1 Å². The number of rotatable bonds is 7. The molecule has 0 amide bonds. The molecule has 2 rings (SSSR count). The van der Waals surface area contributed by atoms with Crippen LogP contribution in [-0.4, -0.2) is 23.3 Å². The average Bonchev–Trinajstić information content (AvgIpc) is 2.88. The first-order valence-electron chi connectivity index (χ1n) is 7.82. The summed E-state index contributed by atoms with van der Waals surface area (Å²) < 4.78 is 5.81. The molecule has 108 valence electrons. The van der Waals surface area contributed by atoms with E-state index in [-0.39, 0.29) is 0 Å². The molecule has 4 heteroatoms. The summed E-state index contributed by atoms with van der Waals surface area (Å²) in [5, 5.41) is 11.8. The number of nitrogens with zero attached hydrogens (tertiary/aromatic N) is 2. The minimum Gasteiger partial charge on any atom is -0.425 e. The molecule has 1 saturated carbocycles. The number of aromatic nitrogens is 2. The lowest BCUT2D eigenvalue weighted by molar-refractivity contribution is 0.301. The van der Waals surface area contributed by atoms with E-state index in [1.807, 2.05) is 0 Å². The highest BCUT2D eigenvalue weighted by atomic mass is 16.4. The van der Waals surface area contributed by atoms with Crippen LogP contribution < -0.4 is 5.32 Å². The summed E-state index contributed by atoms with van der Waals surface area (Å²) in [4.78, 5) is 0. The Hall–Kier alpha value is -0.900. The summed E-state index contributed by atoms with van der Waals surface area (Å²) in [6.45, 7) is 6.64. The highest BCUT2D eigenvalue weighted by Gasteiger charge is 2.24. The van der Waals surface area contributed by atoms with Crippen LogP contribution in [0.3, 0.4) is 0 Å². The molecule has 1 N–H and O–H groups in total. The van der Waals surface area contributed by atoms with Gasteiger partial charge in [-0.15, -0.1) is 10.2 Å². The van der Waals surface area contributed by atoms with Crippen LogP contribution in [-0.2, 0) is 6.42 Å². The highest BCUT2D eigenvalue weighted by Crippen LogP contribution is 2.34. The van der Waals surface area contributed by atoms with Crippen LogP contribution >= 0.6 is 0 Å². The first-order chi connectivity index (χ1) is 9.29. The lowest BCUT2D eigenvalue weighted by Crippen LogP contribution is -2.16. The zero-order chi connectivity index (χ0) is 13.5. The smallest absolute Gasteiger partial charge is 0.219 e. The van der Waals surface area contributed by atoms with Crippen LogP contribution in [0.4, 0.5) is 0 Å². The SMILES string of the molecule is CCCNCCCc1nnc(C2CCC(C)CC2)o1. The van der Waals surface area contributed by atoms with Gasteiger partial charge in [0.25, 0.3) is 0 Å². The normalized spacial score (nSPS) is 23.7. The third kappa shape index (κ3) is 4.60. The van der Waals surface area contributed by atoms with Gasteiger partial charge in [-0.1, -0.05) is 13.8 Å². The maximum Gasteiger partial charge on any atom is 0.219 e. The van der Waals surface area contributed by atoms with E-state index in [1.165, 1.54) is 32.1 Å². The molecule has 1 aliphatic carbocycles. The van der Waals surface area contributed by atoms with Crippen molar-refractivity contribution in [3.05, 3.63) is 11.8 Å². The Morgan fingerprint density at radius 2 is 1.95 bits per heavy atom. The van der Waals surface area contributed by atoms with Crippen molar-refractivity contribution >= 4 is 0 Å². The van der Waals surface area contributed by atoms with Crippen molar-refractivity contribution < 1.29 is 4.42 Å². The fraction of sp³-hybridized carbons (Fsp3) is 0.867. The maximum absolute atomic E-state index is 5.81. The van der Waals surface area contributed by atoms with Gasteiger partial charge in [-0.2, -0.15) is 0 Å². The van der Waals surface area contributed by atoms with E-state index >= 15 is 0 Å². The van der Waals surface area contributed by atoms with E-state index in [0.29, 0.717) is 5.92 Å². The van der Waals surface area contributed by atoms with Crippen molar-refractivity contribution in [1.82, 2.24) is 15.5 Å². The summed E-state index contributed by atoms with van der Waals surface area (Å²) in [6, 6.07) is 0. The predicted molar refractivity (Wildman–Crippen MR) is 76.2 cm³/mol. The highest BCUT2D eigenvalue weighted by molar-refractivity contribution is 4.94. The van der Waals surface area contributed by atoms with E-state index in [2.05, 4.69) is 29.4 Å². The average molecular weight is 265 g/mol. The molecule has 0 aliphatic heterocycles. The molecule has 1 heterocycles. The van der Waals surface area contributed by atoms with Crippen molar-refractivity contribution in [3.8, 4) is 0 Å². The maximum atomic E-state index is 5.81. The van der Waals surface area contributed by atoms with Crippen molar-refractivity contribution in [2.75, 3.05) is 13.1 Å². The van der Waals surface area contributed by atoms with Crippen LogP contribution in [0.15, 0.2) is 4.42 Å². The predicted octanol–water partition coefficient (Wildman–Crippen LogP) is 3.30. The number of hydrogen-bond donors (Lipinski definition) is 1.